The smallest absolute Gasteiger partial charge is 0.145 e. The molecule has 2 aliphatic rings. The van der Waals surface area contributed by atoms with Gasteiger partial charge in [0, 0.05) is 17.9 Å². The fourth-order valence-corrected chi connectivity index (χ4v) is 4.24. The minimum Gasteiger partial charge on any atom is -0.488 e. The van der Waals surface area contributed by atoms with Crippen LogP contribution in [0.5, 0.6) is 5.75 Å². The van der Waals surface area contributed by atoms with E-state index in [4.69, 9.17) is 16.3 Å². The van der Waals surface area contributed by atoms with Gasteiger partial charge in [-0.2, -0.15) is 0 Å². The molecule has 1 spiro atoms. The molecule has 3 rings (SSSR count). The van der Waals surface area contributed by atoms with Gasteiger partial charge in [-0.3, -0.25) is 0 Å². The highest BCUT2D eigenvalue weighted by molar-refractivity contribution is 9.10. The highest BCUT2D eigenvalue weighted by atomic mass is 79.9. The molecule has 1 N–H and O–H groups in total. The Hall–Kier alpha value is -0.320. The quantitative estimate of drug-likeness (QED) is 0.772. The van der Waals surface area contributed by atoms with Gasteiger partial charge in [0.2, 0.25) is 0 Å². The van der Waals surface area contributed by atoms with Crippen LogP contribution in [0.25, 0.3) is 0 Å². The molecule has 0 aromatic heterocycles. The summed E-state index contributed by atoms with van der Waals surface area (Å²) in [5.41, 5.74) is -0.131. The van der Waals surface area contributed by atoms with Crippen LogP contribution in [0, 0.1) is 11.2 Å². The predicted molar refractivity (Wildman–Crippen MR) is 79.7 cm³/mol. The molecule has 2 saturated carbocycles. The summed E-state index contributed by atoms with van der Waals surface area (Å²) in [7, 11) is 0. The van der Waals surface area contributed by atoms with E-state index in [1.54, 1.807) is 0 Å². The van der Waals surface area contributed by atoms with Crippen molar-refractivity contribution in [1.29, 1.82) is 0 Å². The second-order valence-electron chi connectivity index (χ2n) is 5.85. The Kier molecular flexibility index (Phi) is 3.99. The molecule has 2 atom stereocenters. The lowest BCUT2D eigenvalue weighted by molar-refractivity contribution is -0.172. The summed E-state index contributed by atoms with van der Waals surface area (Å²) in [6.07, 6.45) is 5.77. The molecule has 5 heteroatoms. The van der Waals surface area contributed by atoms with Crippen LogP contribution in [0.3, 0.4) is 0 Å². The van der Waals surface area contributed by atoms with Crippen molar-refractivity contribution in [2.24, 2.45) is 5.41 Å². The Morgan fingerprint density at radius 2 is 2.00 bits per heavy atom. The van der Waals surface area contributed by atoms with E-state index < -0.39 is 5.82 Å². The Labute approximate surface area is 131 Å². The molecule has 2 nitrogen and oxygen atoms in total. The summed E-state index contributed by atoms with van der Waals surface area (Å²) < 4.78 is 20.2. The lowest BCUT2D eigenvalue weighted by Gasteiger charge is -2.55. The predicted octanol–water partition coefficient (Wildman–Crippen LogP) is 4.70. The Balaban J connectivity index is 1.80. The molecule has 2 unspecified atom stereocenters. The van der Waals surface area contributed by atoms with Crippen LogP contribution in [0.15, 0.2) is 16.6 Å². The summed E-state index contributed by atoms with van der Waals surface area (Å²) in [6.45, 7) is 0. The molecule has 20 heavy (non-hydrogen) atoms. The van der Waals surface area contributed by atoms with E-state index in [1.165, 1.54) is 18.6 Å². The van der Waals surface area contributed by atoms with E-state index >= 15 is 0 Å². The van der Waals surface area contributed by atoms with Gasteiger partial charge >= 0.3 is 0 Å². The standard InChI is InChI=1S/C15H17BrClFO2/c16-9-6-10(17)11(18)7-12(9)20-14-8-13(19)15(14)4-2-1-3-5-15/h6-7,13-14,19H,1-5,8H2. The van der Waals surface area contributed by atoms with Gasteiger partial charge in [-0.15, -0.1) is 0 Å². The molecule has 0 amide bonds. The SMILES string of the molecule is OC1CC(Oc2cc(F)c(Cl)cc2Br)C12CCCCC2. The van der Waals surface area contributed by atoms with Gasteiger partial charge in [-0.25, -0.2) is 4.39 Å². The van der Waals surface area contributed by atoms with Crippen molar-refractivity contribution in [2.45, 2.75) is 50.7 Å². The van der Waals surface area contributed by atoms with Gasteiger partial charge < -0.3 is 9.84 Å². The fourth-order valence-electron chi connectivity index (χ4n) is 3.50. The molecule has 2 aliphatic carbocycles. The second-order valence-corrected chi connectivity index (χ2v) is 7.11. The van der Waals surface area contributed by atoms with Crippen molar-refractivity contribution in [2.75, 3.05) is 0 Å². The summed E-state index contributed by atoms with van der Waals surface area (Å²) in [4.78, 5) is 0. The third-order valence-corrected chi connectivity index (χ3v) is 5.68. The molecule has 0 aliphatic heterocycles. The van der Waals surface area contributed by atoms with Crippen molar-refractivity contribution in [1.82, 2.24) is 0 Å². The van der Waals surface area contributed by atoms with Gasteiger partial charge in [0.15, 0.2) is 0 Å². The minimum atomic E-state index is -0.484. The Morgan fingerprint density at radius 3 is 2.65 bits per heavy atom. The monoisotopic (exact) mass is 362 g/mol. The zero-order valence-electron chi connectivity index (χ0n) is 11.0. The molecule has 2 fully saturated rings. The van der Waals surface area contributed by atoms with Crippen molar-refractivity contribution < 1.29 is 14.2 Å². The zero-order valence-corrected chi connectivity index (χ0v) is 13.4. The van der Waals surface area contributed by atoms with Crippen molar-refractivity contribution >= 4 is 27.5 Å². The Bertz CT molecular complexity index is 517. The molecular weight excluding hydrogens is 347 g/mol. The van der Waals surface area contributed by atoms with Gasteiger partial charge in [0.25, 0.3) is 0 Å². The van der Waals surface area contributed by atoms with Crippen molar-refractivity contribution in [3.05, 3.63) is 27.4 Å². The van der Waals surface area contributed by atoms with E-state index in [9.17, 15) is 9.50 Å². The number of aliphatic hydroxyl groups is 1. The van der Waals surface area contributed by atoms with E-state index in [1.807, 2.05) is 0 Å². The number of rotatable bonds is 2. The van der Waals surface area contributed by atoms with Crippen LogP contribution < -0.4 is 4.74 Å². The summed E-state index contributed by atoms with van der Waals surface area (Å²) in [5, 5.41) is 10.2. The maximum atomic E-state index is 13.6. The maximum Gasteiger partial charge on any atom is 0.145 e. The number of aliphatic hydroxyl groups excluding tert-OH is 1. The molecular formula is C15H17BrClFO2. The zero-order chi connectivity index (χ0) is 14.3. The topological polar surface area (TPSA) is 29.5 Å². The fraction of sp³-hybridized carbons (Fsp3) is 0.600. The molecule has 0 radical (unpaired) electrons. The van der Waals surface area contributed by atoms with Gasteiger partial charge in [-0.1, -0.05) is 30.9 Å². The van der Waals surface area contributed by atoms with Crippen LogP contribution in [-0.4, -0.2) is 17.3 Å². The highest BCUT2D eigenvalue weighted by Crippen LogP contribution is 2.53. The van der Waals surface area contributed by atoms with Gasteiger partial charge in [0.05, 0.1) is 15.6 Å². The maximum absolute atomic E-state index is 13.6. The molecule has 0 heterocycles. The first-order valence-electron chi connectivity index (χ1n) is 7.02. The van der Waals surface area contributed by atoms with E-state index in [0.29, 0.717) is 16.6 Å². The second kappa shape index (κ2) is 5.47. The molecule has 1 aromatic rings. The number of ether oxygens (including phenoxy) is 1. The average molecular weight is 364 g/mol. The number of hydrogen-bond acceptors (Lipinski definition) is 2. The van der Waals surface area contributed by atoms with Gasteiger partial charge in [0.1, 0.15) is 17.7 Å². The lowest BCUT2D eigenvalue weighted by Crippen LogP contribution is -2.60. The van der Waals surface area contributed by atoms with Crippen molar-refractivity contribution in [3.63, 3.8) is 0 Å². The first-order chi connectivity index (χ1) is 9.53. The first kappa shape index (κ1) is 14.6. The summed E-state index contributed by atoms with van der Waals surface area (Å²) >= 11 is 9.09. The summed E-state index contributed by atoms with van der Waals surface area (Å²) in [5.74, 6) is -0.0174. The molecule has 1 aromatic carbocycles. The number of benzene rings is 1. The van der Waals surface area contributed by atoms with Crippen LogP contribution in [0.2, 0.25) is 5.02 Å². The van der Waals surface area contributed by atoms with Gasteiger partial charge in [-0.05, 0) is 34.8 Å². The summed E-state index contributed by atoms with van der Waals surface area (Å²) in [6, 6.07) is 2.82. The molecule has 0 saturated heterocycles. The normalized spacial score (nSPS) is 28.2. The van der Waals surface area contributed by atoms with E-state index in [0.717, 1.165) is 25.7 Å². The highest BCUT2D eigenvalue weighted by Gasteiger charge is 2.56. The number of halogens is 3. The van der Waals surface area contributed by atoms with Crippen LogP contribution in [0.1, 0.15) is 38.5 Å². The van der Waals surface area contributed by atoms with Crippen molar-refractivity contribution in [3.8, 4) is 5.75 Å². The average Bonchev–Trinajstić information content (AvgIpc) is 2.45. The van der Waals surface area contributed by atoms with E-state index in [-0.39, 0.29) is 22.6 Å². The van der Waals surface area contributed by atoms with Crippen LogP contribution in [-0.2, 0) is 0 Å². The van der Waals surface area contributed by atoms with Crippen LogP contribution in [0.4, 0.5) is 4.39 Å². The lowest BCUT2D eigenvalue weighted by atomic mass is 9.56. The minimum absolute atomic E-state index is 0.0327. The third kappa shape index (κ3) is 2.36. The van der Waals surface area contributed by atoms with E-state index in [2.05, 4.69) is 15.9 Å². The number of hydrogen-bond donors (Lipinski definition) is 1. The van der Waals surface area contributed by atoms with Crippen LogP contribution >= 0.6 is 27.5 Å². The largest absolute Gasteiger partial charge is 0.488 e. The third-order valence-electron chi connectivity index (χ3n) is 4.77. The first-order valence-corrected chi connectivity index (χ1v) is 8.19. The molecule has 0 bridgehead atoms. The molecule has 110 valence electrons. The Morgan fingerprint density at radius 1 is 1.30 bits per heavy atom.